The monoisotopic (exact) mass is 343 g/mol. The third-order valence-electron chi connectivity index (χ3n) is 3.78. The molecule has 1 aromatic carbocycles. The van der Waals surface area contributed by atoms with E-state index < -0.39 is 0 Å². The fourth-order valence-corrected chi connectivity index (χ4v) is 3.28. The minimum Gasteiger partial charge on any atom is -0.334 e. The molecular weight excluding hydrogens is 326 g/mol. The van der Waals surface area contributed by atoms with Gasteiger partial charge in [0.1, 0.15) is 0 Å². The van der Waals surface area contributed by atoms with Gasteiger partial charge in [0.25, 0.3) is 5.91 Å². The summed E-state index contributed by atoms with van der Waals surface area (Å²) in [6, 6.07) is 6.22. The molecule has 1 aromatic rings. The Kier molecular flexibility index (Phi) is 5.28. The molecule has 0 atom stereocenters. The summed E-state index contributed by atoms with van der Waals surface area (Å²) in [7, 11) is 0. The molecule has 0 bridgehead atoms. The number of aryl methyl sites for hydroxylation is 1. The first-order valence-corrected chi connectivity index (χ1v) is 8.09. The Balaban J connectivity index is 2.25. The molecule has 0 heterocycles. The van der Waals surface area contributed by atoms with Crippen molar-refractivity contribution in [3.05, 3.63) is 33.8 Å². The summed E-state index contributed by atoms with van der Waals surface area (Å²) in [5, 5.41) is 0. The second kappa shape index (κ2) is 6.76. The number of rotatable bonds is 4. The number of amides is 1. The molecule has 19 heavy (non-hydrogen) atoms. The van der Waals surface area contributed by atoms with Gasteiger partial charge in [0, 0.05) is 28.5 Å². The Labute approximate surface area is 128 Å². The summed E-state index contributed by atoms with van der Waals surface area (Å²) in [5.74, 6) is 0.612. The van der Waals surface area contributed by atoms with Crippen LogP contribution in [-0.4, -0.2) is 29.3 Å². The van der Waals surface area contributed by atoms with E-state index in [-0.39, 0.29) is 5.91 Å². The third-order valence-corrected chi connectivity index (χ3v) is 4.44. The van der Waals surface area contributed by atoms with Crippen molar-refractivity contribution in [3.8, 4) is 0 Å². The highest BCUT2D eigenvalue weighted by atomic mass is 79.9. The predicted molar refractivity (Wildman–Crippen MR) is 82.9 cm³/mol. The van der Waals surface area contributed by atoms with Crippen LogP contribution in [0.3, 0.4) is 0 Å². The van der Waals surface area contributed by atoms with Crippen molar-refractivity contribution in [1.29, 1.82) is 0 Å². The zero-order chi connectivity index (χ0) is 13.8. The van der Waals surface area contributed by atoms with Gasteiger partial charge in [0.2, 0.25) is 0 Å². The molecule has 0 spiro atoms. The molecule has 0 aliphatic heterocycles. The molecule has 1 amide bonds. The second-order valence-electron chi connectivity index (χ2n) is 5.09. The average molecular weight is 345 g/mol. The molecule has 0 radical (unpaired) electrons. The SMILES string of the molecule is Cc1ccc(Br)cc1C(=O)N(CCCl)C1CCCC1. The van der Waals surface area contributed by atoms with Gasteiger partial charge >= 0.3 is 0 Å². The summed E-state index contributed by atoms with van der Waals surface area (Å²) in [4.78, 5) is 14.7. The maximum atomic E-state index is 12.7. The van der Waals surface area contributed by atoms with Crippen molar-refractivity contribution < 1.29 is 4.79 Å². The Hall–Kier alpha value is -0.540. The van der Waals surface area contributed by atoms with Gasteiger partial charge in [-0.3, -0.25) is 4.79 Å². The largest absolute Gasteiger partial charge is 0.334 e. The number of carbonyl (C=O) groups is 1. The van der Waals surface area contributed by atoms with Gasteiger partial charge in [-0.15, -0.1) is 11.6 Å². The molecule has 0 N–H and O–H groups in total. The molecule has 104 valence electrons. The predicted octanol–water partition coefficient (Wildman–Crippen LogP) is 4.38. The van der Waals surface area contributed by atoms with E-state index in [1.807, 2.05) is 30.0 Å². The highest BCUT2D eigenvalue weighted by molar-refractivity contribution is 9.10. The van der Waals surface area contributed by atoms with Gasteiger partial charge in [-0.05, 0) is 37.5 Å². The maximum Gasteiger partial charge on any atom is 0.254 e. The fraction of sp³-hybridized carbons (Fsp3) is 0.533. The molecule has 0 unspecified atom stereocenters. The Bertz CT molecular complexity index is 457. The molecule has 1 saturated carbocycles. The van der Waals surface area contributed by atoms with Crippen LogP contribution in [0.15, 0.2) is 22.7 Å². The lowest BCUT2D eigenvalue weighted by atomic mass is 10.1. The van der Waals surface area contributed by atoms with Crippen LogP contribution in [0, 0.1) is 6.92 Å². The van der Waals surface area contributed by atoms with Gasteiger partial charge in [0.05, 0.1) is 0 Å². The molecule has 2 nitrogen and oxygen atoms in total. The van der Waals surface area contributed by atoms with Crippen LogP contribution in [-0.2, 0) is 0 Å². The summed E-state index contributed by atoms with van der Waals surface area (Å²) < 4.78 is 0.943. The molecule has 1 fully saturated rings. The van der Waals surface area contributed by atoms with Crippen LogP contribution in [0.2, 0.25) is 0 Å². The molecule has 0 aromatic heterocycles. The van der Waals surface area contributed by atoms with Gasteiger partial charge in [-0.25, -0.2) is 0 Å². The van der Waals surface area contributed by atoms with Crippen LogP contribution in [0.25, 0.3) is 0 Å². The first-order chi connectivity index (χ1) is 9.13. The van der Waals surface area contributed by atoms with Crippen molar-refractivity contribution in [2.75, 3.05) is 12.4 Å². The van der Waals surface area contributed by atoms with Crippen LogP contribution < -0.4 is 0 Å². The van der Waals surface area contributed by atoms with Crippen molar-refractivity contribution >= 4 is 33.4 Å². The number of halogens is 2. The molecule has 4 heteroatoms. The fourth-order valence-electron chi connectivity index (χ4n) is 2.74. The van der Waals surface area contributed by atoms with E-state index in [1.165, 1.54) is 12.8 Å². The van der Waals surface area contributed by atoms with Crippen LogP contribution in [0.1, 0.15) is 41.6 Å². The number of hydrogen-bond acceptors (Lipinski definition) is 1. The van der Waals surface area contributed by atoms with Crippen LogP contribution in [0.5, 0.6) is 0 Å². The lowest BCUT2D eigenvalue weighted by molar-refractivity contribution is 0.0694. The highest BCUT2D eigenvalue weighted by Gasteiger charge is 2.27. The smallest absolute Gasteiger partial charge is 0.254 e. The minimum atomic E-state index is 0.117. The second-order valence-corrected chi connectivity index (χ2v) is 6.38. The van der Waals surface area contributed by atoms with Gasteiger partial charge in [-0.2, -0.15) is 0 Å². The highest BCUT2D eigenvalue weighted by Crippen LogP contribution is 2.26. The Morgan fingerprint density at radius 1 is 1.42 bits per heavy atom. The number of benzene rings is 1. The molecule has 0 saturated heterocycles. The van der Waals surface area contributed by atoms with Crippen molar-refractivity contribution in [2.45, 2.75) is 38.6 Å². The summed E-state index contributed by atoms with van der Waals surface area (Å²) >= 11 is 9.31. The lowest BCUT2D eigenvalue weighted by Gasteiger charge is -2.29. The summed E-state index contributed by atoms with van der Waals surface area (Å²) in [6.07, 6.45) is 4.65. The molecular formula is C15H19BrClNO. The Morgan fingerprint density at radius 3 is 2.74 bits per heavy atom. The number of hydrogen-bond donors (Lipinski definition) is 0. The summed E-state index contributed by atoms with van der Waals surface area (Å²) in [6.45, 7) is 2.62. The molecule has 1 aliphatic rings. The van der Waals surface area contributed by atoms with Crippen molar-refractivity contribution in [1.82, 2.24) is 4.90 Å². The number of nitrogens with zero attached hydrogens (tertiary/aromatic N) is 1. The van der Waals surface area contributed by atoms with Gasteiger partial charge in [0.15, 0.2) is 0 Å². The van der Waals surface area contributed by atoms with Gasteiger partial charge in [-0.1, -0.05) is 34.8 Å². The Morgan fingerprint density at radius 2 is 2.11 bits per heavy atom. The van der Waals surface area contributed by atoms with E-state index in [0.29, 0.717) is 18.5 Å². The molecule has 1 aliphatic carbocycles. The van der Waals surface area contributed by atoms with E-state index in [4.69, 9.17) is 11.6 Å². The summed E-state index contributed by atoms with van der Waals surface area (Å²) in [5.41, 5.74) is 1.80. The third kappa shape index (κ3) is 3.51. The lowest BCUT2D eigenvalue weighted by Crippen LogP contribution is -2.40. The van der Waals surface area contributed by atoms with E-state index >= 15 is 0 Å². The molecule has 2 rings (SSSR count). The number of carbonyl (C=O) groups excluding carboxylic acids is 1. The quantitative estimate of drug-likeness (QED) is 0.742. The normalized spacial score (nSPS) is 15.7. The maximum absolute atomic E-state index is 12.7. The van der Waals surface area contributed by atoms with Gasteiger partial charge < -0.3 is 4.90 Å². The first-order valence-electron chi connectivity index (χ1n) is 6.76. The first kappa shape index (κ1) is 14.9. The standard InChI is InChI=1S/C15H19BrClNO/c1-11-6-7-12(16)10-14(11)15(19)18(9-8-17)13-4-2-3-5-13/h6-7,10,13H,2-5,8-9H2,1H3. The van der Waals surface area contributed by atoms with Crippen molar-refractivity contribution in [2.24, 2.45) is 0 Å². The van der Waals surface area contributed by atoms with E-state index in [0.717, 1.165) is 28.4 Å². The minimum absolute atomic E-state index is 0.117. The average Bonchev–Trinajstić information content (AvgIpc) is 2.92. The van der Waals surface area contributed by atoms with Crippen LogP contribution in [0.4, 0.5) is 0 Å². The number of alkyl halides is 1. The van der Waals surface area contributed by atoms with E-state index in [9.17, 15) is 4.79 Å². The van der Waals surface area contributed by atoms with E-state index in [1.54, 1.807) is 0 Å². The zero-order valence-corrected chi connectivity index (χ0v) is 13.5. The zero-order valence-electron chi connectivity index (χ0n) is 11.2. The van der Waals surface area contributed by atoms with Crippen LogP contribution >= 0.6 is 27.5 Å². The van der Waals surface area contributed by atoms with E-state index in [2.05, 4.69) is 15.9 Å². The topological polar surface area (TPSA) is 20.3 Å². The van der Waals surface area contributed by atoms with Crippen molar-refractivity contribution in [3.63, 3.8) is 0 Å².